The van der Waals surface area contributed by atoms with Crippen LogP contribution in [0.4, 0.5) is 5.13 Å². The number of amides is 2. The van der Waals surface area contributed by atoms with E-state index in [1.807, 2.05) is 17.0 Å². The monoisotopic (exact) mass is 421 g/mol. The zero-order valence-corrected chi connectivity index (χ0v) is 17.1. The highest BCUT2D eigenvalue weighted by Gasteiger charge is 2.21. The molecule has 1 saturated heterocycles. The summed E-state index contributed by atoms with van der Waals surface area (Å²) in [5.41, 5.74) is 3.12. The number of thiazole rings is 1. The van der Waals surface area contributed by atoms with Crippen LogP contribution in [0.15, 0.2) is 47.2 Å². The fourth-order valence-electron chi connectivity index (χ4n) is 3.47. The number of carbonyl (C=O) groups excluding carboxylic acids is 2. The number of benzene rings is 2. The molecule has 1 aliphatic rings. The lowest BCUT2D eigenvalue weighted by Gasteiger charge is -2.32. The Labute approximate surface area is 176 Å². The Bertz CT molecular complexity index is 1260. The standard InChI is InChI=1S/C21H19N5O3S/c1-25-6-8-26(9-7-25)20(28)14-2-4-15-18(11-14)30-21(23-15)24-19(27)13-3-5-17-16(10-13)22-12-29-17/h2-5,10-12H,6-9H2,1H3,(H,23,24,27). The van der Waals surface area contributed by atoms with Crippen molar-refractivity contribution in [3.05, 3.63) is 53.9 Å². The summed E-state index contributed by atoms with van der Waals surface area (Å²) >= 11 is 1.35. The molecule has 5 rings (SSSR count). The van der Waals surface area contributed by atoms with Gasteiger partial charge in [0.05, 0.1) is 10.2 Å². The van der Waals surface area contributed by atoms with E-state index in [9.17, 15) is 9.59 Å². The van der Waals surface area contributed by atoms with Crippen molar-refractivity contribution in [2.75, 3.05) is 38.5 Å². The number of nitrogens with one attached hydrogen (secondary N) is 1. The molecule has 1 N–H and O–H groups in total. The van der Waals surface area contributed by atoms with E-state index in [2.05, 4.69) is 27.2 Å². The minimum Gasteiger partial charge on any atom is -0.443 e. The van der Waals surface area contributed by atoms with Crippen LogP contribution in [0.3, 0.4) is 0 Å². The van der Waals surface area contributed by atoms with Crippen LogP contribution in [-0.4, -0.2) is 64.8 Å². The molecule has 0 saturated carbocycles. The van der Waals surface area contributed by atoms with Gasteiger partial charge in [-0.2, -0.15) is 0 Å². The Balaban J connectivity index is 1.34. The summed E-state index contributed by atoms with van der Waals surface area (Å²) < 4.78 is 6.06. The highest BCUT2D eigenvalue weighted by atomic mass is 32.1. The summed E-state index contributed by atoms with van der Waals surface area (Å²) in [5.74, 6) is -0.238. The summed E-state index contributed by atoms with van der Waals surface area (Å²) in [5, 5.41) is 3.32. The first-order valence-electron chi connectivity index (χ1n) is 9.60. The highest BCUT2D eigenvalue weighted by Crippen LogP contribution is 2.28. The first-order valence-corrected chi connectivity index (χ1v) is 10.4. The summed E-state index contributed by atoms with van der Waals surface area (Å²) in [6, 6.07) is 10.5. The van der Waals surface area contributed by atoms with E-state index in [0.717, 1.165) is 36.4 Å². The minimum atomic E-state index is -0.271. The van der Waals surface area contributed by atoms with Gasteiger partial charge in [0, 0.05) is 37.3 Å². The predicted molar refractivity (Wildman–Crippen MR) is 115 cm³/mol. The molecule has 2 amide bonds. The lowest BCUT2D eigenvalue weighted by atomic mass is 10.1. The second-order valence-corrected chi connectivity index (χ2v) is 8.32. The second kappa shape index (κ2) is 7.51. The fraction of sp³-hybridized carbons (Fsp3) is 0.238. The molecular weight excluding hydrogens is 402 g/mol. The molecule has 30 heavy (non-hydrogen) atoms. The number of piperazine rings is 1. The quantitative estimate of drug-likeness (QED) is 0.547. The average molecular weight is 421 g/mol. The third-order valence-electron chi connectivity index (χ3n) is 5.24. The molecule has 2 aromatic carbocycles. The Morgan fingerprint density at radius 2 is 1.83 bits per heavy atom. The SMILES string of the molecule is CN1CCN(C(=O)c2ccc3nc(NC(=O)c4ccc5ocnc5c4)sc3c2)CC1. The molecule has 0 spiro atoms. The van der Waals surface area contributed by atoms with E-state index in [1.165, 1.54) is 17.7 Å². The van der Waals surface area contributed by atoms with Crippen LogP contribution in [0.5, 0.6) is 0 Å². The maximum absolute atomic E-state index is 12.8. The molecule has 1 fully saturated rings. The zero-order valence-electron chi connectivity index (χ0n) is 16.3. The summed E-state index contributed by atoms with van der Waals surface area (Å²) in [6.07, 6.45) is 1.35. The van der Waals surface area contributed by atoms with Gasteiger partial charge in [-0.1, -0.05) is 11.3 Å². The minimum absolute atomic E-state index is 0.0323. The first kappa shape index (κ1) is 18.7. The van der Waals surface area contributed by atoms with Crippen molar-refractivity contribution >= 4 is 49.6 Å². The lowest BCUT2D eigenvalue weighted by molar-refractivity contribution is 0.0664. The van der Waals surface area contributed by atoms with Gasteiger partial charge in [0.15, 0.2) is 17.1 Å². The van der Waals surface area contributed by atoms with E-state index < -0.39 is 0 Å². The number of rotatable bonds is 3. The van der Waals surface area contributed by atoms with Crippen molar-refractivity contribution in [3.63, 3.8) is 0 Å². The van der Waals surface area contributed by atoms with Gasteiger partial charge in [-0.25, -0.2) is 9.97 Å². The van der Waals surface area contributed by atoms with Crippen LogP contribution >= 0.6 is 11.3 Å². The molecule has 0 atom stereocenters. The van der Waals surface area contributed by atoms with Crippen molar-refractivity contribution < 1.29 is 14.0 Å². The Morgan fingerprint density at radius 3 is 2.67 bits per heavy atom. The van der Waals surface area contributed by atoms with Gasteiger partial charge in [-0.3, -0.25) is 14.9 Å². The number of anilines is 1. The second-order valence-electron chi connectivity index (χ2n) is 7.29. The molecule has 0 aliphatic carbocycles. The molecule has 0 bridgehead atoms. The molecule has 0 unspecified atom stereocenters. The molecule has 9 heteroatoms. The molecule has 3 heterocycles. The van der Waals surface area contributed by atoms with Gasteiger partial charge < -0.3 is 14.2 Å². The summed E-state index contributed by atoms with van der Waals surface area (Å²) in [4.78, 5) is 38.1. The number of hydrogen-bond donors (Lipinski definition) is 1. The van der Waals surface area contributed by atoms with Gasteiger partial charge >= 0.3 is 0 Å². The number of hydrogen-bond acceptors (Lipinski definition) is 7. The molecule has 8 nitrogen and oxygen atoms in total. The van der Waals surface area contributed by atoms with Crippen LogP contribution in [0.25, 0.3) is 21.3 Å². The third-order valence-corrected chi connectivity index (χ3v) is 6.17. The first-order chi connectivity index (χ1) is 14.6. The Kier molecular flexibility index (Phi) is 4.68. The average Bonchev–Trinajstić information content (AvgIpc) is 3.38. The zero-order chi connectivity index (χ0) is 20.7. The van der Waals surface area contributed by atoms with Crippen LogP contribution < -0.4 is 5.32 Å². The molecule has 4 aromatic rings. The highest BCUT2D eigenvalue weighted by molar-refractivity contribution is 7.22. The number of aromatic nitrogens is 2. The van der Waals surface area contributed by atoms with E-state index in [0.29, 0.717) is 27.4 Å². The van der Waals surface area contributed by atoms with E-state index in [1.54, 1.807) is 24.3 Å². The smallest absolute Gasteiger partial charge is 0.257 e. The van der Waals surface area contributed by atoms with Gasteiger partial charge in [-0.05, 0) is 43.4 Å². The lowest BCUT2D eigenvalue weighted by Crippen LogP contribution is -2.47. The van der Waals surface area contributed by atoms with Gasteiger partial charge in [0.2, 0.25) is 0 Å². The maximum atomic E-state index is 12.8. The molecule has 1 aliphatic heterocycles. The molecule has 0 radical (unpaired) electrons. The number of fused-ring (bicyclic) bond motifs is 2. The Morgan fingerprint density at radius 1 is 1.03 bits per heavy atom. The number of nitrogens with zero attached hydrogens (tertiary/aromatic N) is 4. The maximum Gasteiger partial charge on any atom is 0.257 e. The van der Waals surface area contributed by atoms with E-state index in [-0.39, 0.29) is 11.8 Å². The largest absolute Gasteiger partial charge is 0.443 e. The molecular formula is C21H19N5O3S. The van der Waals surface area contributed by atoms with Gasteiger partial charge in [-0.15, -0.1) is 0 Å². The fourth-order valence-corrected chi connectivity index (χ4v) is 4.37. The molecule has 152 valence electrons. The van der Waals surface area contributed by atoms with Crippen LogP contribution in [0.1, 0.15) is 20.7 Å². The summed E-state index contributed by atoms with van der Waals surface area (Å²) in [6.45, 7) is 3.22. The van der Waals surface area contributed by atoms with E-state index >= 15 is 0 Å². The van der Waals surface area contributed by atoms with Crippen molar-refractivity contribution in [1.82, 2.24) is 19.8 Å². The van der Waals surface area contributed by atoms with E-state index in [4.69, 9.17) is 4.42 Å². The van der Waals surface area contributed by atoms with Crippen molar-refractivity contribution in [2.45, 2.75) is 0 Å². The normalized spacial score (nSPS) is 15.0. The van der Waals surface area contributed by atoms with Crippen LogP contribution in [-0.2, 0) is 0 Å². The van der Waals surface area contributed by atoms with Crippen LogP contribution in [0.2, 0.25) is 0 Å². The van der Waals surface area contributed by atoms with Crippen molar-refractivity contribution in [3.8, 4) is 0 Å². The Hall–Kier alpha value is -3.30. The third kappa shape index (κ3) is 3.53. The number of carbonyl (C=O) groups is 2. The van der Waals surface area contributed by atoms with Crippen LogP contribution in [0, 0.1) is 0 Å². The summed E-state index contributed by atoms with van der Waals surface area (Å²) in [7, 11) is 2.06. The number of likely N-dealkylation sites (N-methyl/N-ethyl adjacent to an activating group) is 1. The topological polar surface area (TPSA) is 91.6 Å². The number of oxazole rings is 1. The van der Waals surface area contributed by atoms with Crippen molar-refractivity contribution in [2.24, 2.45) is 0 Å². The predicted octanol–water partition coefficient (Wildman–Crippen LogP) is 3.08. The van der Waals surface area contributed by atoms with Gasteiger partial charge in [0.1, 0.15) is 5.52 Å². The van der Waals surface area contributed by atoms with Gasteiger partial charge in [0.25, 0.3) is 11.8 Å². The molecule has 2 aromatic heterocycles. The van der Waals surface area contributed by atoms with Crippen molar-refractivity contribution in [1.29, 1.82) is 0 Å².